The molecule has 0 atom stereocenters. The quantitative estimate of drug-likeness (QED) is 0.726. The second kappa shape index (κ2) is 10.2. The Morgan fingerprint density at radius 1 is 1.14 bits per heavy atom. The van der Waals surface area contributed by atoms with Gasteiger partial charge in [-0.15, -0.1) is 0 Å². The maximum Gasteiger partial charge on any atom is 0.407 e. The fourth-order valence-corrected chi connectivity index (χ4v) is 3.22. The monoisotopic (exact) mass is 443 g/mol. The van der Waals surface area contributed by atoms with E-state index in [2.05, 4.69) is 10.6 Å². The van der Waals surface area contributed by atoms with Crippen molar-refractivity contribution >= 4 is 41.1 Å². The summed E-state index contributed by atoms with van der Waals surface area (Å²) in [6.45, 7) is 6.67. The van der Waals surface area contributed by atoms with E-state index in [1.54, 1.807) is 37.8 Å². The third-order valence-corrected chi connectivity index (χ3v) is 5.11. The predicted molar refractivity (Wildman–Crippen MR) is 112 cm³/mol. The van der Waals surface area contributed by atoms with Gasteiger partial charge in [-0.1, -0.05) is 23.2 Å². The number of amides is 3. The van der Waals surface area contributed by atoms with Crippen molar-refractivity contribution in [2.75, 3.05) is 19.6 Å². The van der Waals surface area contributed by atoms with Gasteiger partial charge in [-0.25, -0.2) is 4.79 Å². The third kappa shape index (κ3) is 7.74. The van der Waals surface area contributed by atoms with Crippen molar-refractivity contribution in [3.05, 3.63) is 33.8 Å². The van der Waals surface area contributed by atoms with Crippen molar-refractivity contribution in [3.63, 3.8) is 0 Å². The van der Waals surface area contributed by atoms with E-state index in [-0.39, 0.29) is 30.8 Å². The molecule has 0 aromatic heterocycles. The van der Waals surface area contributed by atoms with E-state index < -0.39 is 11.7 Å². The number of likely N-dealkylation sites (tertiary alicyclic amines) is 1. The number of piperidine rings is 1. The summed E-state index contributed by atoms with van der Waals surface area (Å²) in [6, 6.07) is 4.74. The van der Waals surface area contributed by atoms with Crippen LogP contribution in [0.25, 0.3) is 0 Å². The first kappa shape index (κ1) is 23.3. The molecule has 0 saturated carbocycles. The van der Waals surface area contributed by atoms with E-state index in [1.807, 2.05) is 0 Å². The van der Waals surface area contributed by atoms with E-state index in [4.69, 9.17) is 27.9 Å². The zero-order valence-corrected chi connectivity index (χ0v) is 18.4. The van der Waals surface area contributed by atoms with E-state index in [0.717, 1.165) is 0 Å². The number of alkyl carbamates (subject to hydrolysis) is 1. The van der Waals surface area contributed by atoms with E-state index in [1.165, 1.54) is 6.07 Å². The summed E-state index contributed by atoms with van der Waals surface area (Å²) < 4.78 is 5.14. The van der Waals surface area contributed by atoms with Gasteiger partial charge in [0.05, 0.1) is 10.0 Å². The van der Waals surface area contributed by atoms with Gasteiger partial charge in [0.25, 0.3) is 5.91 Å². The van der Waals surface area contributed by atoms with Crippen LogP contribution in [0.4, 0.5) is 4.79 Å². The molecule has 7 nitrogen and oxygen atoms in total. The molecule has 1 heterocycles. The van der Waals surface area contributed by atoms with Gasteiger partial charge < -0.3 is 20.3 Å². The van der Waals surface area contributed by atoms with Crippen molar-refractivity contribution in [2.24, 2.45) is 0 Å². The standard InChI is InChI=1S/C20H27Cl2N3O4/c1-20(2,3)29-19(28)23-9-6-17(26)25-10-7-14(8-11-25)24-18(27)13-4-5-15(21)16(22)12-13/h4-5,12,14H,6-11H2,1-3H3,(H,23,28)(H,24,27). The molecule has 2 rings (SSSR count). The Bertz CT molecular complexity index is 757. The topological polar surface area (TPSA) is 87.7 Å². The number of ether oxygens (including phenoxy) is 1. The van der Waals surface area contributed by atoms with Crippen LogP contribution in [0.2, 0.25) is 10.0 Å². The molecule has 1 aromatic carbocycles. The highest BCUT2D eigenvalue weighted by atomic mass is 35.5. The van der Waals surface area contributed by atoms with Crippen molar-refractivity contribution in [1.29, 1.82) is 0 Å². The number of nitrogens with zero attached hydrogens (tertiary/aromatic N) is 1. The summed E-state index contributed by atoms with van der Waals surface area (Å²) in [4.78, 5) is 38.0. The first-order valence-corrected chi connectivity index (χ1v) is 10.3. The van der Waals surface area contributed by atoms with Gasteiger partial charge in [0, 0.05) is 37.7 Å². The van der Waals surface area contributed by atoms with Crippen LogP contribution in [-0.2, 0) is 9.53 Å². The highest BCUT2D eigenvalue weighted by molar-refractivity contribution is 6.42. The fourth-order valence-electron chi connectivity index (χ4n) is 2.92. The lowest BCUT2D eigenvalue weighted by molar-refractivity contribution is -0.132. The second-order valence-electron chi connectivity index (χ2n) is 7.94. The molecule has 9 heteroatoms. The molecule has 1 aromatic rings. The van der Waals surface area contributed by atoms with E-state index >= 15 is 0 Å². The summed E-state index contributed by atoms with van der Waals surface area (Å²) in [5.41, 5.74) is -0.122. The molecule has 2 N–H and O–H groups in total. The maximum absolute atomic E-state index is 12.4. The molecule has 0 bridgehead atoms. The van der Waals surface area contributed by atoms with Crippen molar-refractivity contribution in [2.45, 2.75) is 51.7 Å². The van der Waals surface area contributed by atoms with E-state index in [9.17, 15) is 14.4 Å². The number of hydrogen-bond acceptors (Lipinski definition) is 4. The van der Waals surface area contributed by atoms with Gasteiger partial charge in [-0.2, -0.15) is 0 Å². The summed E-state index contributed by atoms with van der Waals surface area (Å²) >= 11 is 11.8. The minimum atomic E-state index is -0.572. The average Bonchev–Trinajstić information content (AvgIpc) is 2.63. The van der Waals surface area contributed by atoms with Gasteiger partial charge >= 0.3 is 6.09 Å². The Morgan fingerprint density at radius 2 is 1.79 bits per heavy atom. The number of benzene rings is 1. The Morgan fingerprint density at radius 3 is 2.38 bits per heavy atom. The number of nitrogens with one attached hydrogen (secondary N) is 2. The number of halogens is 2. The Kier molecular flexibility index (Phi) is 8.16. The molecule has 0 unspecified atom stereocenters. The minimum Gasteiger partial charge on any atom is -0.444 e. The second-order valence-corrected chi connectivity index (χ2v) is 8.75. The minimum absolute atomic E-state index is 0.0131. The molecule has 1 aliphatic rings. The molecular formula is C20H27Cl2N3O4. The largest absolute Gasteiger partial charge is 0.444 e. The van der Waals surface area contributed by atoms with Crippen LogP contribution in [0.3, 0.4) is 0 Å². The molecule has 29 heavy (non-hydrogen) atoms. The van der Waals surface area contributed by atoms with Gasteiger partial charge in [0.1, 0.15) is 5.60 Å². The van der Waals surface area contributed by atoms with Crippen LogP contribution in [-0.4, -0.2) is 54.1 Å². The molecule has 1 aliphatic heterocycles. The number of rotatable bonds is 5. The van der Waals surface area contributed by atoms with Gasteiger partial charge in [-0.3, -0.25) is 9.59 Å². The molecule has 160 valence electrons. The molecule has 0 radical (unpaired) electrons. The molecule has 1 fully saturated rings. The first-order chi connectivity index (χ1) is 13.5. The molecule has 3 amide bonds. The molecule has 1 saturated heterocycles. The van der Waals surface area contributed by atoms with Crippen LogP contribution in [0.5, 0.6) is 0 Å². The van der Waals surface area contributed by atoms with Crippen molar-refractivity contribution in [3.8, 4) is 0 Å². The molecule has 0 spiro atoms. The number of carbonyl (C=O) groups excluding carboxylic acids is 3. The highest BCUT2D eigenvalue weighted by Gasteiger charge is 2.24. The third-order valence-electron chi connectivity index (χ3n) is 4.37. The van der Waals surface area contributed by atoms with Gasteiger partial charge in [-0.05, 0) is 51.8 Å². The number of carbonyl (C=O) groups is 3. The summed E-state index contributed by atoms with van der Waals surface area (Å²) in [5.74, 6) is -0.245. The lowest BCUT2D eigenvalue weighted by atomic mass is 10.0. The summed E-state index contributed by atoms with van der Waals surface area (Å²) in [6.07, 6.45) is 1.00. The van der Waals surface area contributed by atoms with Crippen LogP contribution in [0.1, 0.15) is 50.4 Å². The van der Waals surface area contributed by atoms with Crippen LogP contribution < -0.4 is 10.6 Å². The average molecular weight is 444 g/mol. The Labute approximate surface area is 181 Å². The van der Waals surface area contributed by atoms with Crippen LogP contribution >= 0.6 is 23.2 Å². The SMILES string of the molecule is CC(C)(C)OC(=O)NCCC(=O)N1CCC(NC(=O)c2ccc(Cl)c(Cl)c2)CC1. The molecular weight excluding hydrogens is 417 g/mol. The highest BCUT2D eigenvalue weighted by Crippen LogP contribution is 2.23. The van der Waals surface area contributed by atoms with Crippen LogP contribution in [0.15, 0.2) is 18.2 Å². The Balaban J connectivity index is 1.71. The lowest BCUT2D eigenvalue weighted by Gasteiger charge is -2.32. The Hall–Kier alpha value is -1.99. The van der Waals surface area contributed by atoms with Crippen LogP contribution in [0, 0.1) is 0 Å². The van der Waals surface area contributed by atoms with Crippen molar-refractivity contribution < 1.29 is 19.1 Å². The normalized spacial score (nSPS) is 15.0. The zero-order valence-electron chi connectivity index (χ0n) is 16.9. The zero-order chi connectivity index (χ0) is 21.6. The van der Waals surface area contributed by atoms with E-state index in [0.29, 0.717) is 41.5 Å². The smallest absolute Gasteiger partial charge is 0.407 e. The van der Waals surface area contributed by atoms with Gasteiger partial charge in [0.2, 0.25) is 5.91 Å². The summed E-state index contributed by atoms with van der Waals surface area (Å²) in [5, 5.41) is 6.29. The maximum atomic E-state index is 12.4. The lowest BCUT2D eigenvalue weighted by Crippen LogP contribution is -2.47. The molecule has 0 aliphatic carbocycles. The predicted octanol–water partition coefficient (Wildman–Crippen LogP) is 3.63. The fraction of sp³-hybridized carbons (Fsp3) is 0.550. The first-order valence-electron chi connectivity index (χ1n) is 9.55. The number of hydrogen-bond donors (Lipinski definition) is 2. The van der Waals surface area contributed by atoms with Crippen molar-refractivity contribution in [1.82, 2.24) is 15.5 Å². The van der Waals surface area contributed by atoms with Gasteiger partial charge in [0.15, 0.2) is 0 Å². The summed E-state index contributed by atoms with van der Waals surface area (Å²) in [7, 11) is 0.